The van der Waals surface area contributed by atoms with Crippen LogP contribution in [-0.4, -0.2) is 14.5 Å². The van der Waals surface area contributed by atoms with E-state index in [0.29, 0.717) is 17.5 Å². The largest absolute Gasteiger partial charge is 0.283 e. The fourth-order valence-corrected chi connectivity index (χ4v) is 5.75. The summed E-state index contributed by atoms with van der Waals surface area (Å²) in [5.74, 6) is 0.582. The van der Waals surface area contributed by atoms with Gasteiger partial charge < -0.3 is 0 Å². The molecule has 1 aliphatic rings. The number of aryl methyl sites for hydroxylation is 2. The summed E-state index contributed by atoms with van der Waals surface area (Å²) < 4.78 is 1.69. The number of nitro groups is 1. The molecule has 144 valence electrons. The molecular formula is C20H19N3O3S2. The first-order valence-electron chi connectivity index (χ1n) is 9.10. The molecule has 4 rings (SSSR count). The first-order valence-corrected chi connectivity index (χ1v) is 10.9. The van der Waals surface area contributed by atoms with Gasteiger partial charge in [0.05, 0.1) is 10.3 Å². The van der Waals surface area contributed by atoms with Crippen LogP contribution in [0, 0.1) is 10.1 Å². The number of non-ortho nitro benzene ring substituents is 1. The molecule has 0 bridgehead atoms. The molecule has 0 N–H and O–H groups in total. The topological polar surface area (TPSA) is 78.0 Å². The predicted octanol–water partition coefficient (Wildman–Crippen LogP) is 4.72. The third-order valence-electron chi connectivity index (χ3n) is 4.87. The number of nitrogens with zero attached hydrogens (tertiary/aromatic N) is 3. The van der Waals surface area contributed by atoms with Crippen molar-refractivity contribution in [3.05, 3.63) is 73.4 Å². The van der Waals surface area contributed by atoms with Crippen molar-refractivity contribution in [1.82, 2.24) is 9.55 Å². The van der Waals surface area contributed by atoms with Crippen molar-refractivity contribution in [3.63, 3.8) is 0 Å². The van der Waals surface area contributed by atoms with Crippen LogP contribution in [0.15, 0.2) is 46.9 Å². The minimum Gasteiger partial charge on any atom is -0.283 e. The molecule has 8 heteroatoms. The van der Waals surface area contributed by atoms with E-state index in [-0.39, 0.29) is 11.2 Å². The van der Waals surface area contributed by atoms with Gasteiger partial charge in [0.2, 0.25) is 0 Å². The van der Waals surface area contributed by atoms with Crippen molar-refractivity contribution >= 4 is 39.0 Å². The van der Waals surface area contributed by atoms with E-state index in [9.17, 15) is 14.9 Å². The Morgan fingerprint density at radius 2 is 2.04 bits per heavy atom. The minimum absolute atomic E-state index is 0.00972. The fourth-order valence-electron chi connectivity index (χ4n) is 3.48. The number of hydrogen-bond donors (Lipinski definition) is 0. The number of aromatic nitrogens is 2. The Bertz CT molecular complexity index is 1120. The first-order chi connectivity index (χ1) is 13.6. The van der Waals surface area contributed by atoms with Crippen LogP contribution < -0.4 is 5.56 Å². The highest BCUT2D eigenvalue weighted by Gasteiger charge is 2.22. The number of allylic oxidation sites excluding steroid dienone is 1. The molecule has 0 saturated heterocycles. The maximum atomic E-state index is 13.2. The summed E-state index contributed by atoms with van der Waals surface area (Å²) >= 11 is 3.11. The zero-order valence-corrected chi connectivity index (χ0v) is 16.9. The highest BCUT2D eigenvalue weighted by molar-refractivity contribution is 7.98. The van der Waals surface area contributed by atoms with Gasteiger partial charge in [-0.3, -0.25) is 19.5 Å². The van der Waals surface area contributed by atoms with Gasteiger partial charge in [0.25, 0.3) is 11.2 Å². The van der Waals surface area contributed by atoms with E-state index in [1.54, 1.807) is 34.1 Å². The Kier molecular flexibility index (Phi) is 5.32. The van der Waals surface area contributed by atoms with Crippen molar-refractivity contribution in [1.29, 1.82) is 0 Å². The summed E-state index contributed by atoms with van der Waals surface area (Å²) in [7, 11) is 0. The van der Waals surface area contributed by atoms with Crippen LogP contribution in [0.25, 0.3) is 10.2 Å². The lowest BCUT2D eigenvalue weighted by Crippen LogP contribution is -2.23. The van der Waals surface area contributed by atoms with Crippen molar-refractivity contribution in [2.75, 3.05) is 0 Å². The summed E-state index contributed by atoms with van der Waals surface area (Å²) in [6, 6.07) is 6.47. The number of fused-ring (bicyclic) bond motifs is 3. The average Bonchev–Trinajstić information content (AvgIpc) is 3.07. The minimum atomic E-state index is -0.410. The van der Waals surface area contributed by atoms with Gasteiger partial charge in [-0.25, -0.2) is 4.98 Å². The number of nitro benzene ring substituents is 1. The summed E-state index contributed by atoms with van der Waals surface area (Å²) in [6.45, 7) is 4.19. The summed E-state index contributed by atoms with van der Waals surface area (Å²) in [4.78, 5) is 30.5. The Morgan fingerprint density at radius 1 is 1.29 bits per heavy atom. The van der Waals surface area contributed by atoms with Crippen LogP contribution in [0.4, 0.5) is 5.69 Å². The van der Waals surface area contributed by atoms with Crippen molar-refractivity contribution < 1.29 is 4.92 Å². The fraction of sp³-hybridized carbons (Fsp3) is 0.300. The second-order valence-electron chi connectivity index (χ2n) is 6.70. The quantitative estimate of drug-likeness (QED) is 0.192. The van der Waals surface area contributed by atoms with Crippen LogP contribution >= 0.6 is 23.1 Å². The average molecular weight is 414 g/mol. The lowest BCUT2D eigenvalue weighted by molar-refractivity contribution is -0.384. The molecule has 0 atom stereocenters. The molecule has 0 fully saturated rings. The number of benzene rings is 1. The van der Waals surface area contributed by atoms with Gasteiger partial charge in [-0.1, -0.05) is 30.0 Å². The van der Waals surface area contributed by atoms with Gasteiger partial charge >= 0.3 is 0 Å². The van der Waals surface area contributed by atoms with Crippen LogP contribution in [0.1, 0.15) is 28.8 Å². The third kappa shape index (κ3) is 3.49. The molecule has 1 aliphatic carbocycles. The monoisotopic (exact) mass is 413 g/mol. The molecule has 6 nitrogen and oxygen atoms in total. The van der Waals surface area contributed by atoms with Gasteiger partial charge in [0.1, 0.15) is 4.83 Å². The molecule has 3 aromatic rings. The number of hydrogen-bond acceptors (Lipinski definition) is 6. The SMILES string of the molecule is C=CCn1c(SCc2ccc([N+](=O)[O-])cc2)nc2sc3c(c2c1=O)CCCC3. The zero-order chi connectivity index (χ0) is 19.7. The highest BCUT2D eigenvalue weighted by Crippen LogP contribution is 2.35. The standard InChI is InChI=1S/C20H19N3O3S2/c1-2-11-22-19(24)17-15-5-3-4-6-16(15)28-18(17)21-20(22)27-12-13-7-9-14(10-8-13)23(25)26/h2,7-10H,1,3-6,11-12H2. The highest BCUT2D eigenvalue weighted by atomic mass is 32.2. The van der Waals surface area contributed by atoms with E-state index in [1.165, 1.54) is 40.8 Å². The molecule has 2 heterocycles. The van der Waals surface area contributed by atoms with E-state index < -0.39 is 4.92 Å². The number of thioether (sulfide) groups is 1. The Balaban J connectivity index is 1.69. The van der Waals surface area contributed by atoms with Gasteiger partial charge in [-0.05, 0) is 36.8 Å². The molecular weight excluding hydrogens is 394 g/mol. The van der Waals surface area contributed by atoms with E-state index in [2.05, 4.69) is 6.58 Å². The van der Waals surface area contributed by atoms with Gasteiger partial charge in [0.15, 0.2) is 5.16 Å². The molecule has 0 unspecified atom stereocenters. The van der Waals surface area contributed by atoms with E-state index >= 15 is 0 Å². The molecule has 0 amide bonds. The summed E-state index contributed by atoms with van der Waals surface area (Å²) in [6.07, 6.45) is 5.99. The van der Waals surface area contributed by atoms with E-state index in [0.717, 1.165) is 35.0 Å². The molecule has 28 heavy (non-hydrogen) atoms. The van der Waals surface area contributed by atoms with Crippen LogP contribution in [0.2, 0.25) is 0 Å². The molecule has 0 spiro atoms. The third-order valence-corrected chi connectivity index (χ3v) is 7.10. The van der Waals surface area contributed by atoms with Crippen molar-refractivity contribution in [2.24, 2.45) is 0 Å². The Morgan fingerprint density at radius 3 is 2.75 bits per heavy atom. The second-order valence-corrected chi connectivity index (χ2v) is 8.73. The van der Waals surface area contributed by atoms with Crippen LogP contribution in [0.5, 0.6) is 0 Å². The van der Waals surface area contributed by atoms with Gasteiger partial charge in [-0.15, -0.1) is 17.9 Å². The summed E-state index contributed by atoms with van der Waals surface area (Å²) in [5.41, 5.74) is 2.21. The number of rotatable bonds is 6. The maximum Gasteiger partial charge on any atom is 0.269 e. The van der Waals surface area contributed by atoms with E-state index in [1.807, 2.05) is 0 Å². The summed E-state index contributed by atoms with van der Waals surface area (Å²) in [5, 5.41) is 12.2. The smallest absolute Gasteiger partial charge is 0.269 e. The van der Waals surface area contributed by atoms with E-state index in [4.69, 9.17) is 4.98 Å². The normalized spacial score (nSPS) is 13.4. The Hall–Kier alpha value is -2.45. The van der Waals surface area contributed by atoms with Crippen LogP contribution in [0.3, 0.4) is 0 Å². The maximum absolute atomic E-state index is 13.2. The van der Waals surface area contributed by atoms with Gasteiger partial charge in [0, 0.05) is 29.3 Å². The zero-order valence-electron chi connectivity index (χ0n) is 15.2. The second kappa shape index (κ2) is 7.89. The lowest BCUT2D eigenvalue weighted by atomic mass is 9.97. The number of thiophene rings is 1. The Labute approximate surface area is 170 Å². The van der Waals surface area contributed by atoms with Crippen LogP contribution in [-0.2, 0) is 25.1 Å². The first kappa shape index (κ1) is 18.9. The molecule has 0 aliphatic heterocycles. The van der Waals surface area contributed by atoms with Crippen molar-refractivity contribution in [3.8, 4) is 0 Å². The molecule has 2 aromatic heterocycles. The van der Waals surface area contributed by atoms with Crippen molar-refractivity contribution in [2.45, 2.75) is 43.1 Å². The molecule has 0 saturated carbocycles. The van der Waals surface area contributed by atoms with Gasteiger partial charge in [-0.2, -0.15) is 0 Å². The lowest BCUT2D eigenvalue weighted by Gasteiger charge is -2.12. The predicted molar refractivity (Wildman–Crippen MR) is 113 cm³/mol. The molecule has 0 radical (unpaired) electrons. The molecule has 1 aromatic carbocycles.